The Hall–Kier alpha value is -3.38. The summed E-state index contributed by atoms with van der Waals surface area (Å²) in [5.41, 5.74) is 3.19. The van der Waals surface area contributed by atoms with E-state index < -0.39 is 23.4 Å². The van der Waals surface area contributed by atoms with Crippen LogP contribution in [0.2, 0.25) is 5.02 Å². The molecule has 0 atom stereocenters. The molecule has 0 bridgehead atoms. The molecule has 5 nitrogen and oxygen atoms in total. The van der Waals surface area contributed by atoms with Gasteiger partial charge in [0, 0.05) is 5.92 Å². The van der Waals surface area contributed by atoms with Gasteiger partial charge in [-0.2, -0.15) is 0 Å². The van der Waals surface area contributed by atoms with E-state index in [1.807, 2.05) is 48.5 Å². The molecule has 29 heavy (non-hydrogen) atoms. The molecule has 0 heterocycles. The number of carbonyl (C=O) groups excluding carboxylic acids is 1. The van der Waals surface area contributed by atoms with Crippen LogP contribution >= 0.6 is 11.6 Å². The van der Waals surface area contributed by atoms with Gasteiger partial charge in [-0.05, 0) is 34.4 Å². The van der Waals surface area contributed by atoms with Crippen molar-refractivity contribution < 1.29 is 23.8 Å². The molecule has 7 heteroatoms. The SMILES string of the molecule is O=C(Nc1c(Cl)ccc(F)c1C(=O)O)OCC1c2ccccc2-c2ccccc21. The minimum atomic E-state index is -1.54. The quantitative estimate of drug-likeness (QED) is 0.591. The Kier molecular flexibility index (Phi) is 4.94. The molecule has 4 rings (SSSR count). The second-order valence-corrected chi connectivity index (χ2v) is 6.94. The molecule has 0 aromatic heterocycles. The van der Waals surface area contributed by atoms with E-state index >= 15 is 0 Å². The smallest absolute Gasteiger partial charge is 0.411 e. The summed E-state index contributed by atoms with van der Waals surface area (Å²) in [6.45, 7) is 0.0369. The molecule has 1 aliphatic carbocycles. The van der Waals surface area contributed by atoms with Gasteiger partial charge in [0.25, 0.3) is 0 Å². The number of rotatable bonds is 4. The normalized spacial score (nSPS) is 12.2. The minimum absolute atomic E-state index is 0.0369. The highest BCUT2D eigenvalue weighted by Gasteiger charge is 2.29. The number of fused-ring (bicyclic) bond motifs is 3. The van der Waals surface area contributed by atoms with E-state index in [2.05, 4.69) is 5.32 Å². The highest BCUT2D eigenvalue weighted by Crippen LogP contribution is 2.44. The maximum absolute atomic E-state index is 13.9. The van der Waals surface area contributed by atoms with Crippen molar-refractivity contribution in [2.75, 3.05) is 11.9 Å². The molecule has 3 aromatic carbocycles. The van der Waals surface area contributed by atoms with Gasteiger partial charge in [-0.25, -0.2) is 14.0 Å². The number of hydrogen-bond acceptors (Lipinski definition) is 3. The predicted octanol–water partition coefficient (Wildman–Crippen LogP) is 5.54. The van der Waals surface area contributed by atoms with Crippen LogP contribution in [0.15, 0.2) is 60.7 Å². The zero-order valence-corrected chi connectivity index (χ0v) is 15.7. The zero-order valence-electron chi connectivity index (χ0n) is 15.0. The first-order valence-corrected chi connectivity index (χ1v) is 9.18. The first-order chi connectivity index (χ1) is 14.0. The second-order valence-electron chi connectivity index (χ2n) is 6.53. The van der Waals surface area contributed by atoms with Gasteiger partial charge in [0.1, 0.15) is 18.0 Å². The molecule has 3 aromatic rings. The Morgan fingerprint density at radius 2 is 1.59 bits per heavy atom. The van der Waals surface area contributed by atoms with Gasteiger partial charge in [-0.3, -0.25) is 5.32 Å². The largest absolute Gasteiger partial charge is 0.478 e. The third kappa shape index (κ3) is 3.43. The maximum Gasteiger partial charge on any atom is 0.411 e. The van der Waals surface area contributed by atoms with E-state index in [1.165, 1.54) is 6.07 Å². The van der Waals surface area contributed by atoms with E-state index in [0.717, 1.165) is 28.3 Å². The molecule has 0 saturated heterocycles. The summed E-state index contributed by atoms with van der Waals surface area (Å²) in [5.74, 6) is -2.70. The topological polar surface area (TPSA) is 75.6 Å². The summed E-state index contributed by atoms with van der Waals surface area (Å²) >= 11 is 5.95. The van der Waals surface area contributed by atoms with Crippen molar-refractivity contribution in [2.45, 2.75) is 5.92 Å². The Bertz CT molecular complexity index is 1090. The lowest BCUT2D eigenvalue weighted by Crippen LogP contribution is -2.20. The van der Waals surface area contributed by atoms with Gasteiger partial charge < -0.3 is 9.84 Å². The number of ether oxygens (including phenoxy) is 1. The van der Waals surface area contributed by atoms with Crippen LogP contribution in [0, 0.1) is 5.82 Å². The first-order valence-electron chi connectivity index (χ1n) is 8.80. The minimum Gasteiger partial charge on any atom is -0.478 e. The molecule has 0 radical (unpaired) electrons. The van der Waals surface area contributed by atoms with Crippen LogP contribution in [-0.4, -0.2) is 23.8 Å². The van der Waals surface area contributed by atoms with Gasteiger partial charge in [-0.15, -0.1) is 0 Å². The number of nitrogens with one attached hydrogen (secondary N) is 1. The molecule has 0 aliphatic heterocycles. The van der Waals surface area contributed by atoms with E-state index in [9.17, 15) is 19.1 Å². The van der Waals surface area contributed by atoms with Crippen LogP contribution in [0.25, 0.3) is 11.1 Å². The Morgan fingerprint density at radius 1 is 1.00 bits per heavy atom. The number of hydrogen-bond donors (Lipinski definition) is 2. The monoisotopic (exact) mass is 411 g/mol. The lowest BCUT2D eigenvalue weighted by molar-refractivity contribution is 0.0693. The number of anilines is 1. The summed E-state index contributed by atoms with van der Waals surface area (Å²) in [4.78, 5) is 23.7. The molecular weight excluding hydrogens is 397 g/mol. The summed E-state index contributed by atoms with van der Waals surface area (Å²) in [6.07, 6.45) is -0.915. The number of halogens is 2. The zero-order chi connectivity index (χ0) is 20.5. The van der Waals surface area contributed by atoms with Crippen molar-refractivity contribution in [2.24, 2.45) is 0 Å². The molecule has 0 unspecified atom stereocenters. The van der Waals surface area contributed by atoms with Crippen LogP contribution in [0.5, 0.6) is 0 Å². The van der Waals surface area contributed by atoms with E-state index in [4.69, 9.17) is 16.3 Å². The van der Waals surface area contributed by atoms with Gasteiger partial charge in [0.05, 0.1) is 10.7 Å². The van der Waals surface area contributed by atoms with Crippen molar-refractivity contribution >= 4 is 29.4 Å². The third-order valence-electron chi connectivity index (χ3n) is 4.89. The van der Waals surface area contributed by atoms with Crippen molar-refractivity contribution in [1.29, 1.82) is 0 Å². The Morgan fingerprint density at radius 3 is 2.17 bits per heavy atom. The fraction of sp³-hybridized carbons (Fsp3) is 0.0909. The molecule has 0 fully saturated rings. The lowest BCUT2D eigenvalue weighted by Gasteiger charge is -2.16. The summed E-state index contributed by atoms with van der Waals surface area (Å²) < 4.78 is 19.2. The average molecular weight is 412 g/mol. The highest BCUT2D eigenvalue weighted by atomic mass is 35.5. The second kappa shape index (κ2) is 7.56. The van der Waals surface area contributed by atoms with E-state index in [0.29, 0.717) is 0 Å². The molecule has 146 valence electrons. The van der Waals surface area contributed by atoms with Crippen LogP contribution < -0.4 is 5.32 Å². The van der Waals surface area contributed by atoms with Gasteiger partial charge >= 0.3 is 12.1 Å². The first kappa shape index (κ1) is 19.0. The van der Waals surface area contributed by atoms with E-state index in [1.54, 1.807) is 0 Å². The number of benzene rings is 3. The summed E-state index contributed by atoms with van der Waals surface area (Å²) in [7, 11) is 0. The van der Waals surface area contributed by atoms with Crippen molar-refractivity contribution in [3.8, 4) is 11.1 Å². The van der Waals surface area contributed by atoms with Crippen molar-refractivity contribution in [3.63, 3.8) is 0 Å². The molecule has 0 spiro atoms. The van der Waals surface area contributed by atoms with Crippen LogP contribution in [0.3, 0.4) is 0 Å². The number of carboxylic acids is 1. The number of carbonyl (C=O) groups is 2. The number of carboxylic acid groups (broad SMARTS) is 1. The van der Waals surface area contributed by atoms with Gasteiger partial charge in [0.15, 0.2) is 0 Å². The van der Waals surface area contributed by atoms with Crippen LogP contribution in [-0.2, 0) is 4.74 Å². The van der Waals surface area contributed by atoms with Crippen molar-refractivity contribution in [3.05, 3.63) is 88.2 Å². The van der Waals surface area contributed by atoms with Crippen molar-refractivity contribution in [1.82, 2.24) is 0 Å². The maximum atomic E-state index is 13.9. The molecule has 1 aliphatic rings. The van der Waals surface area contributed by atoms with Crippen LogP contribution in [0.1, 0.15) is 27.4 Å². The standard InChI is InChI=1S/C22H15ClFNO4/c23-17-9-10-18(24)19(21(26)27)20(17)25-22(28)29-11-16-14-7-3-1-5-12(14)13-6-2-4-8-15(13)16/h1-10,16H,11H2,(H,25,28)(H,26,27). The average Bonchev–Trinajstić information content (AvgIpc) is 3.03. The van der Waals surface area contributed by atoms with E-state index in [-0.39, 0.29) is 23.2 Å². The van der Waals surface area contributed by atoms with Gasteiger partial charge in [-0.1, -0.05) is 60.1 Å². The molecule has 0 saturated carbocycles. The molecular formula is C22H15ClFNO4. The lowest BCUT2D eigenvalue weighted by atomic mass is 9.98. The fourth-order valence-corrected chi connectivity index (χ4v) is 3.82. The van der Waals surface area contributed by atoms with Gasteiger partial charge in [0.2, 0.25) is 0 Å². The fourth-order valence-electron chi connectivity index (χ4n) is 3.62. The predicted molar refractivity (Wildman–Crippen MR) is 107 cm³/mol. The summed E-state index contributed by atoms with van der Waals surface area (Å²) in [6, 6.07) is 17.8. The number of aromatic carboxylic acids is 1. The third-order valence-corrected chi connectivity index (χ3v) is 5.20. The molecule has 1 amide bonds. The van der Waals surface area contributed by atoms with Crippen LogP contribution in [0.4, 0.5) is 14.9 Å². The molecule has 2 N–H and O–H groups in total. The Labute approximate surface area is 170 Å². The number of amides is 1. The highest BCUT2D eigenvalue weighted by molar-refractivity contribution is 6.34. The Balaban J connectivity index is 1.55. The summed E-state index contributed by atoms with van der Waals surface area (Å²) in [5, 5.41) is 11.4.